The number of anilines is 1. The smallest absolute Gasteiger partial charge is 0.252 e. The summed E-state index contributed by atoms with van der Waals surface area (Å²) in [4.78, 5) is 15.3. The van der Waals surface area contributed by atoms with Gasteiger partial charge in [-0.25, -0.2) is 8.42 Å². The fraction of sp³-hybridized carbons (Fsp3) is 0.538. The van der Waals surface area contributed by atoms with Crippen molar-refractivity contribution in [3.63, 3.8) is 0 Å². The zero-order chi connectivity index (χ0) is 15.2. The van der Waals surface area contributed by atoms with Crippen molar-refractivity contribution in [1.29, 1.82) is 0 Å². The highest BCUT2D eigenvalue weighted by Gasteiger charge is 2.48. The number of nitrogens with two attached hydrogens (primary N) is 1. The Kier molecular flexibility index (Phi) is 3.37. The van der Waals surface area contributed by atoms with E-state index in [0.29, 0.717) is 17.8 Å². The van der Waals surface area contributed by atoms with Gasteiger partial charge in [0.1, 0.15) is 0 Å². The minimum Gasteiger partial charge on any atom is -0.381 e. The van der Waals surface area contributed by atoms with Crippen LogP contribution in [0.1, 0.15) is 23.2 Å². The molecule has 1 saturated carbocycles. The predicted molar refractivity (Wildman–Crippen MR) is 78.2 cm³/mol. The SMILES string of the molecule is CS(=O)(=O)N1C[C@@H]2C[C@H]1C[C@@H]2Nc1ccncc1C(N)=O. The van der Waals surface area contributed by atoms with Crippen molar-refractivity contribution in [1.82, 2.24) is 9.29 Å². The minimum atomic E-state index is -3.13. The van der Waals surface area contributed by atoms with Crippen molar-refractivity contribution < 1.29 is 13.2 Å². The monoisotopic (exact) mass is 310 g/mol. The van der Waals surface area contributed by atoms with E-state index in [1.165, 1.54) is 12.5 Å². The molecule has 8 heteroatoms. The molecular weight excluding hydrogens is 292 g/mol. The number of sulfonamides is 1. The number of carbonyl (C=O) groups is 1. The highest BCUT2D eigenvalue weighted by molar-refractivity contribution is 7.88. The van der Waals surface area contributed by atoms with E-state index in [-0.39, 0.29) is 18.0 Å². The zero-order valence-corrected chi connectivity index (χ0v) is 12.5. The number of aromatic nitrogens is 1. The molecule has 1 saturated heterocycles. The van der Waals surface area contributed by atoms with Crippen LogP contribution in [0.2, 0.25) is 0 Å². The summed E-state index contributed by atoms with van der Waals surface area (Å²) in [6.07, 6.45) is 5.91. The van der Waals surface area contributed by atoms with Crippen LogP contribution in [0.5, 0.6) is 0 Å². The van der Waals surface area contributed by atoms with Gasteiger partial charge in [-0.3, -0.25) is 9.78 Å². The van der Waals surface area contributed by atoms with Gasteiger partial charge in [0.2, 0.25) is 10.0 Å². The predicted octanol–water partition coefficient (Wildman–Crippen LogP) is 0.0148. The summed E-state index contributed by atoms with van der Waals surface area (Å²) in [7, 11) is -3.13. The molecule has 1 amide bonds. The van der Waals surface area contributed by atoms with Gasteiger partial charge in [0.05, 0.1) is 17.5 Å². The first-order valence-corrected chi connectivity index (χ1v) is 8.68. The quantitative estimate of drug-likeness (QED) is 0.815. The lowest BCUT2D eigenvalue weighted by Gasteiger charge is -2.31. The van der Waals surface area contributed by atoms with E-state index in [1.54, 1.807) is 16.6 Å². The summed E-state index contributed by atoms with van der Waals surface area (Å²) in [5, 5.41) is 3.33. The molecule has 3 N–H and O–H groups in total. The maximum Gasteiger partial charge on any atom is 0.252 e. The first-order valence-electron chi connectivity index (χ1n) is 6.83. The van der Waals surface area contributed by atoms with Gasteiger partial charge >= 0.3 is 0 Å². The summed E-state index contributed by atoms with van der Waals surface area (Å²) in [6, 6.07) is 1.94. The van der Waals surface area contributed by atoms with E-state index >= 15 is 0 Å². The van der Waals surface area contributed by atoms with E-state index in [9.17, 15) is 13.2 Å². The maximum atomic E-state index is 11.7. The number of nitrogens with one attached hydrogen (secondary N) is 1. The first kappa shape index (κ1) is 14.3. The molecule has 21 heavy (non-hydrogen) atoms. The molecule has 1 aliphatic carbocycles. The number of nitrogens with zero attached hydrogens (tertiary/aromatic N) is 2. The zero-order valence-electron chi connectivity index (χ0n) is 11.7. The highest BCUT2D eigenvalue weighted by Crippen LogP contribution is 2.40. The van der Waals surface area contributed by atoms with E-state index in [2.05, 4.69) is 10.3 Å². The molecule has 1 aromatic rings. The van der Waals surface area contributed by atoms with Crippen LogP contribution in [0.3, 0.4) is 0 Å². The Balaban J connectivity index is 1.74. The lowest BCUT2D eigenvalue weighted by atomic mass is 10.0. The normalized spacial score (nSPS) is 28.7. The molecule has 114 valence electrons. The second-order valence-corrected chi connectivity index (χ2v) is 7.69. The molecule has 0 spiro atoms. The number of primary amides is 1. The van der Waals surface area contributed by atoms with Crippen LogP contribution in [0.4, 0.5) is 5.69 Å². The van der Waals surface area contributed by atoms with Gasteiger partial charge in [-0.1, -0.05) is 0 Å². The topological polar surface area (TPSA) is 105 Å². The molecule has 0 unspecified atom stereocenters. The van der Waals surface area contributed by atoms with Gasteiger partial charge in [0.25, 0.3) is 5.91 Å². The van der Waals surface area contributed by atoms with E-state index < -0.39 is 15.9 Å². The van der Waals surface area contributed by atoms with Crippen LogP contribution in [0, 0.1) is 5.92 Å². The Hall–Kier alpha value is -1.67. The Morgan fingerprint density at radius 3 is 2.81 bits per heavy atom. The Morgan fingerprint density at radius 1 is 1.48 bits per heavy atom. The standard InChI is InChI=1S/C13H18N4O3S/c1-21(19,20)17-7-8-4-9(17)5-12(8)16-11-2-3-15-6-10(11)13(14)18/h2-3,6,8-9,12H,4-5,7H2,1H3,(H2,14,18)(H,15,16)/t8-,9-,12-/m0/s1. The van der Waals surface area contributed by atoms with Crippen LogP contribution < -0.4 is 11.1 Å². The lowest BCUT2D eigenvalue weighted by Crippen LogP contribution is -2.43. The average molecular weight is 310 g/mol. The van der Waals surface area contributed by atoms with E-state index in [1.807, 2.05) is 0 Å². The molecule has 1 aliphatic heterocycles. The minimum absolute atomic E-state index is 0.0568. The number of hydrogen-bond donors (Lipinski definition) is 2. The third kappa shape index (κ3) is 2.60. The number of amides is 1. The summed E-state index contributed by atoms with van der Waals surface area (Å²) in [6.45, 7) is 0.540. The fourth-order valence-corrected chi connectivity index (χ4v) is 4.59. The van der Waals surface area contributed by atoms with Gasteiger partial charge in [0.15, 0.2) is 0 Å². The Morgan fingerprint density at radius 2 is 2.24 bits per heavy atom. The van der Waals surface area contributed by atoms with Crippen molar-refractivity contribution in [2.75, 3.05) is 18.1 Å². The average Bonchev–Trinajstić information content (AvgIpc) is 2.98. The van der Waals surface area contributed by atoms with Crippen LogP contribution in [0.25, 0.3) is 0 Å². The van der Waals surface area contributed by atoms with Crippen molar-refractivity contribution >= 4 is 21.6 Å². The van der Waals surface area contributed by atoms with Gasteiger partial charge < -0.3 is 11.1 Å². The maximum absolute atomic E-state index is 11.7. The van der Waals surface area contributed by atoms with Crippen LogP contribution >= 0.6 is 0 Å². The Labute approximate surface area is 123 Å². The fourth-order valence-electron chi connectivity index (χ4n) is 3.41. The number of carbonyl (C=O) groups excluding carboxylic acids is 1. The molecule has 2 bridgehead atoms. The van der Waals surface area contributed by atoms with E-state index in [4.69, 9.17) is 5.73 Å². The lowest BCUT2D eigenvalue weighted by molar-refractivity contribution is 0.100. The van der Waals surface area contributed by atoms with Gasteiger partial charge in [-0.15, -0.1) is 0 Å². The van der Waals surface area contributed by atoms with Crippen LogP contribution in [-0.2, 0) is 10.0 Å². The van der Waals surface area contributed by atoms with Crippen LogP contribution in [0.15, 0.2) is 18.5 Å². The molecule has 3 atom stereocenters. The molecule has 1 aromatic heterocycles. The largest absolute Gasteiger partial charge is 0.381 e. The number of piperidine rings is 1. The molecule has 2 fully saturated rings. The summed E-state index contributed by atoms with van der Waals surface area (Å²) < 4.78 is 24.9. The third-order valence-electron chi connectivity index (χ3n) is 4.35. The van der Waals surface area contributed by atoms with E-state index in [0.717, 1.165) is 12.8 Å². The molecule has 2 aliphatic rings. The second-order valence-electron chi connectivity index (χ2n) is 5.75. The number of hydrogen-bond acceptors (Lipinski definition) is 5. The van der Waals surface area contributed by atoms with Crippen molar-refractivity contribution in [3.8, 4) is 0 Å². The van der Waals surface area contributed by atoms with Gasteiger partial charge in [0, 0.05) is 31.0 Å². The first-order chi connectivity index (χ1) is 9.86. The van der Waals surface area contributed by atoms with Crippen molar-refractivity contribution in [3.05, 3.63) is 24.0 Å². The number of fused-ring (bicyclic) bond motifs is 2. The Bertz CT molecular complexity index is 676. The summed E-state index contributed by atoms with van der Waals surface area (Å²) >= 11 is 0. The van der Waals surface area contributed by atoms with Gasteiger partial charge in [-0.05, 0) is 24.8 Å². The van der Waals surface area contributed by atoms with Crippen molar-refractivity contribution in [2.45, 2.75) is 24.9 Å². The second kappa shape index (κ2) is 4.96. The molecular formula is C13H18N4O3S. The highest BCUT2D eigenvalue weighted by atomic mass is 32.2. The number of pyridine rings is 1. The molecule has 0 aromatic carbocycles. The molecule has 2 heterocycles. The van der Waals surface area contributed by atoms with Gasteiger partial charge in [-0.2, -0.15) is 4.31 Å². The van der Waals surface area contributed by atoms with Crippen molar-refractivity contribution in [2.24, 2.45) is 11.7 Å². The van der Waals surface area contributed by atoms with Crippen LogP contribution in [-0.4, -0.2) is 48.5 Å². The molecule has 3 rings (SSSR count). The summed E-state index contributed by atoms with van der Waals surface area (Å²) in [5.74, 6) is -0.259. The third-order valence-corrected chi connectivity index (χ3v) is 5.64. The summed E-state index contributed by atoms with van der Waals surface area (Å²) in [5.41, 5.74) is 6.37. The number of rotatable bonds is 4. The molecule has 7 nitrogen and oxygen atoms in total. The molecule has 0 radical (unpaired) electrons.